The fourth-order valence-electron chi connectivity index (χ4n) is 3.67. The maximum atomic E-state index is 6.16. The Balaban J connectivity index is 1.52. The molecular formula is C26H28N2O2. The first-order valence-corrected chi connectivity index (χ1v) is 10.5. The SMILES string of the molecule is Cc1cccc(OCc2nc3ccccc3n2CCOc2ccccc2C(C)C)c1. The molecule has 0 fully saturated rings. The molecule has 1 heterocycles. The number of aryl methyl sites for hydroxylation is 1. The van der Waals surface area contributed by atoms with Crippen LogP contribution in [0, 0.1) is 6.92 Å². The number of imidazole rings is 1. The molecule has 0 aliphatic carbocycles. The zero-order valence-corrected chi connectivity index (χ0v) is 17.8. The predicted molar refractivity (Wildman–Crippen MR) is 121 cm³/mol. The highest BCUT2D eigenvalue weighted by Crippen LogP contribution is 2.26. The Kier molecular flexibility index (Phi) is 6.03. The molecule has 0 unspecified atom stereocenters. The van der Waals surface area contributed by atoms with Crippen molar-refractivity contribution in [1.29, 1.82) is 0 Å². The maximum Gasteiger partial charge on any atom is 0.148 e. The number of benzene rings is 3. The van der Waals surface area contributed by atoms with E-state index in [9.17, 15) is 0 Å². The van der Waals surface area contributed by atoms with Gasteiger partial charge in [0.2, 0.25) is 0 Å². The van der Waals surface area contributed by atoms with Crippen LogP contribution in [-0.4, -0.2) is 16.2 Å². The van der Waals surface area contributed by atoms with E-state index in [-0.39, 0.29) is 0 Å². The van der Waals surface area contributed by atoms with Crippen LogP contribution in [0.1, 0.15) is 36.7 Å². The molecule has 0 atom stereocenters. The quantitative estimate of drug-likeness (QED) is 0.357. The van der Waals surface area contributed by atoms with E-state index in [1.807, 2.05) is 48.5 Å². The Morgan fingerprint density at radius 2 is 1.70 bits per heavy atom. The highest BCUT2D eigenvalue weighted by atomic mass is 16.5. The first-order valence-electron chi connectivity index (χ1n) is 10.5. The number of para-hydroxylation sites is 3. The largest absolute Gasteiger partial charge is 0.491 e. The van der Waals surface area contributed by atoms with Gasteiger partial charge in [-0.1, -0.05) is 56.3 Å². The van der Waals surface area contributed by atoms with Gasteiger partial charge in [-0.3, -0.25) is 0 Å². The molecule has 4 nitrogen and oxygen atoms in total. The molecule has 30 heavy (non-hydrogen) atoms. The van der Waals surface area contributed by atoms with E-state index in [0.29, 0.717) is 25.7 Å². The summed E-state index contributed by atoms with van der Waals surface area (Å²) in [6, 6.07) is 24.5. The van der Waals surface area contributed by atoms with Crippen molar-refractivity contribution in [2.24, 2.45) is 0 Å². The molecule has 4 aromatic rings. The summed E-state index contributed by atoms with van der Waals surface area (Å²) >= 11 is 0. The summed E-state index contributed by atoms with van der Waals surface area (Å²) in [5, 5.41) is 0. The minimum absolute atomic E-state index is 0.417. The molecule has 0 aliphatic heterocycles. The van der Waals surface area contributed by atoms with E-state index in [2.05, 4.69) is 49.6 Å². The van der Waals surface area contributed by atoms with Gasteiger partial charge in [0, 0.05) is 0 Å². The molecule has 0 N–H and O–H groups in total. The molecule has 0 amide bonds. The van der Waals surface area contributed by atoms with Gasteiger partial charge in [0.15, 0.2) is 0 Å². The molecular weight excluding hydrogens is 372 g/mol. The number of fused-ring (bicyclic) bond motifs is 1. The summed E-state index contributed by atoms with van der Waals surface area (Å²) in [6.45, 7) is 8.13. The number of hydrogen-bond acceptors (Lipinski definition) is 3. The number of hydrogen-bond donors (Lipinski definition) is 0. The van der Waals surface area contributed by atoms with Crippen molar-refractivity contribution in [3.8, 4) is 11.5 Å². The van der Waals surface area contributed by atoms with Crippen molar-refractivity contribution in [2.45, 2.75) is 39.8 Å². The molecule has 154 valence electrons. The minimum atomic E-state index is 0.417. The smallest absolute Gasteiger partial charge is 0.148 e. The van der Waals surface area contributed by atoms with Gasteiger partial charge in [-0.05, 0) is 54.3 Å². The fourth-order valence-corrected chi connectivity index (χ4v) is 3.67. The predicted octanol–water partition coefficient (Wildman–Crippen LogP) is 6.13. The Morgan fingerprint density at radius 1 is 0.900 bits per heavy atom. The van der Waals surface area contributed by atoms with Gasteiger partial charge in [-0.15, -0.1) is 0 Å². The van der Waals surface area contributed by atoms with Gasteiger partial charge in [0.05, 0.1) is 17.6 Å². The average Bonchev–Trinajstić information content (AvgIpc) is 3.10. The van der Waals surface area contributed by atoms with Crippen LogP contribution >= 0.6 is 0 Å². The van der Waals surface area contributed by atoms with Crippen LogP contribution in [0.25, 0.3) is 11.0 Å². The van der Waals surface area contributed by atoms with Gasteiger partial charge in [-0.2, -0.15) is 0 Å². The zero-order chi connectivity index (χ0) is 20.9. The first-order chi connectivity index (χ1) is 14.6. The van der Waals surface area contributed by atoms with Crippen molar-refractivity contribution in [3.63, 3.8) is 0 Å². The molecule has 0 saturated heterocycles. The third-order valence-corrected chi connectivity index (χ3v) is 5.20. The second-order valence-corrected chi connectivity index (χ2v) is 7.81. The Morgan fingerprint density at radius 3 is 2.53 bits per heavy atom. The third-order valence-electron chi connectivity index (χ3n) is 5.20. The maximum absolute atomic E-state index is 6.16. The average molecular weight is 401 g/mol. The van der Waals surface area contributed by atoms with Gasteiger partial charge >= 0.3 is 0 Å². The van der Waals surface area contributed by atoms with Crippen LogP contribution in [0.3, 0.4) is 0 Å². The second kappa shape index (κ2) is 9.04. The lowest BCUT2D eigenvalue weighted by Gasteiger charge is -2.15. The van der Waals surface area contributed by atoms with Crippen molar-refractivity contribution in [3.05, 3.63) is 89.7 Å². The molecule has 0 spiro atoms. The van der Waals surface area contributed by atoms with E-state index in [1.54, 1.807) is 0 Å². The third kappa shape index (κ3) is 4.48. The van der Waals surface area contributed by atoms with Crippen LogP contribution in [0.4, 0.5) is 0 Å². The number of aromatic nitrogens is 2. The second-order valence-electron chi connectivity index (χ2n) is 7.81. The molecule has 0 aliphatic rings. The van der Waals surface area contributed by atoms with Gasteiger partial charge in [0.25, 0.3) is 0 Å². The van der Waals surface area contributed by atoms with Crippen molar-refractivity contribution < 1.29 is 9.47 Å². The van der Waals surface area contributed by atoms with Crippen LogP contribution in [0.2, 0.25) is 0 Å². The Labute approximate surface area is 178 Å². The van der Waals surface area contributed by atoms with Crippen LogP contribution in [-0.2, 0) is 13.2 Å². The summed E-state index contributed by atoms with van der Waals surface area (Å²) in [5.41, 5.74) is 4.48. The normalized spacial score (nSPS) is 11.2. The Hall–Kier alpha value is -3.27. The van der Waals surface area contributed by atoms with Crippen LogP contribution < -0.4 is 9.47 Å². The Bertz CT molecular complexity index is 1130. The van der Waals surface area contributed by atoms with Crippen LogP contribution in [0.5, 0.6) is 11.5 Å². The summed E-state index contributed by atoms with van der Waals surface area (Å²) in [4.78, 5) is 4.80. The molecule has 4 heteroatoms. The number of ether oxygens (including phenoxy) is 2. The van der Waals surface area contributed by atoms with E-state index in [1.165, 1.54) is 11.1 Å². The van der Waals surface area contributed by atoms with E-state index in [4.69, 9.17) is 14.5 Å². The molecule has 4 rings (SSSR count). The van der Waals surface area contributed by atoms with Crippen molar-refractivity contribution in [2.75, 3.05) is 6.61 Å². The van der Waals surface area contributed by atoms with Gasteiger partial charge in [0.1, 0.15) is 30.5 Å². The highest BCUT2D eigenvalue weighted by Gasteiger charge is 2.12. The molecule has 1 aromatic heterocycles. The lowest BCUT2D eigenvalue weighted by Crippen LogP contribution is -2.13. The number of rotatable bonds is 8. The summed E-state index contributed by atoms with van der Waals surface area (Å²) in [6.07, 6.45) is 0. The number of nitrogens with zero attached hydrogens (tertiary/aromatic N) is 2. The summed E-state index contributed by atoms with van der Waals surface area (Å²) < 4.78 is 14.4. The zero-order valence-electron chi connectivity index (χ0n) is 17.8. The van der Waals surface area contributed by atoms with Crippen molar-refractivity contribution >= 4 is 11.0 Å². The topological polar surface area (TPSA) is 36.3 Å². The fraction of sp³-hybridized carbons (Fsp3) is 0.269. The lowest BCUT2D eigenvalue weighted by molar-refractivity contribution is 0.271. The molecule has 0 bridgehead atoms. The van der Waals surface area contributed by atoms with Gasteiger partial charge in [-0.25, -0.2) is 4.98 Å². The van der Waals surface area contributed by atoms with E-state index in [0.717, 1.165) is 28.4 Å². The first kappa shape index (κ1) is 20.0. The minimum Gasteiger partial charge on any atom is -0.491 e. The van der Waals surface area contributed by atoms with Crippen molar-refractivity contribution in [1.82, 2.24) is 9.55 Å². The highest BCUT2D eigenvalue weighted by molar-refractivity contribution is 5.75. The molecule has 0 saturated carbocycles. The summed E-state index contributed by atoms with van der Waals surface area (Å²) in [5.74, 6) is 3.14. The van der Waals surface area contributed by atoms with Crippen LogP contribution in [0.15, 0.2) is 72.8 Å². The lowest BCUT2D eigenvalue weighted by atomic mass is 10.0. The summed E-state index contributed by atoms with van der Waals surface area (Å²) in [7, 11) is 0. The molecule has 0 radical (unpaired) electrons. The standard InChI is InChI=1S/C26H28N2O2/c1-19(2)22-11-4-7-14-25(22)29-16-15-28-24-13-6-5-12-23(24)27-26(28)18-30-21-10-8-9-20(3)17-21/h4-14,17,19H,15-16,18H2,1-3H3. The molecule has 3 aromatic carbocycles. The monoisotopic (exact) mass is 400 g/mol. The van der Waals surface area contributed by atoms with E-state index >= 15 is 0 Å². The van der Waals surface area contributed by atoms with E-state index < -0.39 is 0 Å². The van der Waals surface area contributed by atoms with Gasteiger partial charge < -0.3 is 14.0 Å².